The summed E-state index contributed by atoms with van der Waals surface area (Å²) in [6.45, 7) is 2.92. The molecule has 1 N–H and O–H groups in total. The van der Waals surface area contributed by atoms with Crippen LogP contribution in [0.15, 0.2) is 24.3 Å². The van der Waals surface area contributed by atoms with Crippen molar-refractivity contribution >= 4 is 5.91 Å². The van der Waals surface area contributed by atoms with Crippen molar-refractivity contribution in [3.8, 4) is 0 Å². The number of rotatable bonds is 4. The molecule has 1 fully saturated rings. The molecule has 0 radical (unpaired) electrons. The average Bonchev–Trinajstić information content (AvgIpc) is 2.94. The van der Waals surface area contributed by atoms with Gasteiger partial charge in [0.05, 0.1) is 11.7 Å². The molecule has 6 heteroatoms. The van der Waals surface area contributed by atoms with Crippen LogP contribution in [0.25, 0.3) is 0 Å². The van der Waals surface area contributed by atoms with Crippen LogP contribution in [0, 0.1) is 5.92 Å². The number of aliphatic hydroxyl groups is 1. The van der Waals surface area contributed by atoms with Crippen molar-refractivity contribution in [2.24, 2.45) is 5.92 Å². The minimum absolute atomic E-state index is 0.0111. The van der Waals surface area contributed by atoms with Crippen LogP contribution in [0.5, 0.6) is 0 Å². The highest BCUT2D eigenvalue weighted by Gasteiger charge is 2.30. The third kappa shape index (κ3) is 4.22. The summed E-state index contributed by atoms with van der Waals surface area (Å²) in [6.07, 6.45) is -3.26. The number of benzene rings is 1. The van der Waals surface area contributed by atoms with Crippen LogP contribution >= 0.6 is 0 Å². The Morgan fingerprint density at radius 3 is 2.50 bits per heavy atom. The Morgan fingerprint density at radius 2 is 2.00 bits per heavy atom. The van der Waals surface area contributed by atoms with E-state index in [4.69, 9.17) is 0 Å². The van der Waals surface area contributed by atoms with Crippen LogP contribution in [-0.4, -0.2) is 35.1 Å². The van der Waals surface area contributed by atoms with E-state index in [0.29, 0.717) is 25.1 Å². The van der Waals surface area contributed by atoms with Crippen LogP contribution in [-0.2, 0) is 17.4 Å². The average molecular weight is 315 g/mol. The molecule has 2 atom stereocenters. The number of hydrogen-bond acceptors (Lipinski definition) is 2. The first kappa shape index (κ1) is 16.8. The summed E-state index contributed by atoms with van der Waals surface area (Å²) < 4.78 is 37.4. The normalized spacial score (nSPS) is 20.2. The van der Waals surface area contributed by atoms with Crippen molar-refractivity contribution in [3.63, 3.8) is 0 Å². The third-order valence-corrected chi connectivity index (χ3v) is 4.17. The second-order valence-electron chi connectivity index (χ2n) is 5.82. The summed E-state index contributed by atoms with van der Waals surface area (Å²) in [5.74, 6) is 0.109. The number of amides is 1. The number of likely N-dealkylation sites (tertiary alicyclic amines) is 1. The molecule has 0 spiro atoms. The predicted molar refractivity (Wildman–Crippen MR) is 76.1 cm³/mol. The van der Waals surface area contributed by atoms with E-state index in [1.807, 2.05) is 0 Å². The molecule has 0 aromatic heterocycles. The molecule has 1 aliphatic heterocycles. The molecule has 1 aromatic carbocycles. The SMILES string of the molecule is CC(O)C1CCN(C(=O)CCc2ccc(C(F)(F)F)cc2)C1. The molecule has 0 bridgehead atoms. The lowest BCUT2D eigenvalue weighted by molar-refractivity contribution is -0.137. The van der Waals surface area contributed by atoms with Crippen LogP contribution < -0.4 is 0 Å². The summed E-state index contributed by atoms with van der Waals surface area (Å²) >= 11 is 0. The van der Waals surface area contributed by atoms with Gasteiger partial charge < -0.3 is 10.0 Å². The van der Waals surface area contributed by atoms with E-state index in [9.17, 15) is 23.1 Å². The Balaban J connectivity index is 1.84. The zero-order valence-corrected chi connectivity index (χ0v) is 12.4. The van der Waals surface area contributed by atoms with Gasteiger partial charge in [0.1, 0.15) is 0 Å². The Labute approximate surface area is 127 Å². The highest BCUT2D eigenvalue weighted by Crippen LogP contribution is 2.29. The van der Waals surface area contributed by atoms with Crippen molar-refractivity contribution in [3.05, 3.63) is 35.4 Å². The number of nitrogens with zero attached hydrogens (tertiary/aromatic N) is 1. The number of halogens is 3. The van der Waals surface area contributed by atoms with Crippen molar-refractivity contribution in [1.82, 2.24) is 4.90 Å². The van der Waals surface area contributed by atoms with Gasteiger partial charge in [0.2, 0.25) is 5.91 Å². The summed E-state index contributed by atoms with van der Waals surface area (Å²) in [5, 5.41) is 9.52. The quantitative estimate of drug-likeness (QED) is 0.928. The molecule has 1 amide bonds. The van der Waals surface area contributed by atoms with Gasteiger partial charge in [-0.1, -0.05) is 12.1 Å². The molecule has 1 saturated heterocycles. The van der Waals surface area contributed by atoms with Gasteiger partial charge in [0, 0.05) is 25.4 Å². The maximum absolute atomic E-state index is 12.5. The monoisotopic (exact) mass is 315 g/mol. The van der Waals surface area contributed by atoms with Crippen molar-refractivity contribution in [2.45, 2.75) is 38.5 Å². The summed E-state index contributed by atoms with van der Waals surface area (Å²) in [5.41, 5.74) is 0.0366. The Bertz CT molecular complexity index is 511. The minimum Gasteiger partial charge on any atom is -0.393 e. The molecule has 22 heavy (non-hydrogen) atoms. The van der Waals surface area contributed by atoms with Crippen molar-refractivity contribution < 1.29 is 23.1 Å². The van der Waals surface area contributed by atoms with Crippen LogP contribution in [0.2, 0.25) is 0 Å². The molecule has 2 unspecified atom stereocenters. The fourth-order valence-corrected chi connectivity index (χ4v) is 2.68. The van der Waals surface area contributed by atoms with Crippen LogP contribution in [0.3, 0.4) is 0 Å². The molecule has 1 aromatic rings. The van der Waals surface area contributed by atoms with Gasteiger partial charge in [0.15, 0.2) is 0 Å². The first-order chi connectivity index (χ1) is 10.3. The van der Waals surface area contributed by atoms with Crippen LogP contribution in [0.4, 0.5) is 13.2 Å². The van der Waals surface area contributed by atoms with Gasteiger partial charge in [-0.3, -0.25) is 4.79 Å². The maximum atomic E-state index is 12.5. The molecule has 1 heterocycles. The Hall–Kier alpha value is -1.56. The summed E-state index contributed by atoms with van der Waals surface area (Å²) in [7, 11) is 0. The van der Waals surface area contributed by atoms with Crippen molar-refractivity contribution in [1.29, 1.82) is 0 Å². The first-order valence-electron chi connectivity index (χ1n) is 7.39. The van der Waals surface area contributed by atoms with Gasteiger partial charge in [-0.2, -0.15) is 13.2 Å². The zero-order chi connectivity index (χ0) is 16.3. The lowest BCUT2D eigenvalue weighted by Crippen LogP contribution is -2.30. The zero-order valence-electron chi connectivity index (χ0n) is 12.4. The number of carbonyl (C=O) groups excluding carboxylic acids is 1. The van der Waals surface area contributed by atoms with E-state index in [1.54, 1.807) is 11.8 Å². The fourth-order valence-electron chi connectivity index (χ4n) is 2.68. The minimum atomic E-state index is -4.33. The molecule has 3 nitrogen and oxygen atoms in total. The van der Waals surface area contributed by atoms with Crippen molar-refractivity contribution in [2.75, 3.05) is 13.1 Å². The number of aliphatic hydroxyl groups excluding tert-OH is 1. The van der Waals surface area contributed by atoms with E-state index < -0.39 is 17.8 Å². The second-order valence-corrected chi connectivity index (χ2v) is 5.82. The van der Waals surface area contributed by atoms with Gasteiger partial charge in [0.25, 0.3) is 0 Å². The van der Waals surface area contributed by atoms with Gasteiger partial charge >= 0.3 is 6.18 Å². The largest absolute Gasteiger partial charge is 0.416 e. The van der Waals surface area contributed by atoms with E-state index >= 15 is 0 Å². The first-order valence-corrected chi connectivity index (χ1v) is 7.39. The molecular formula is C16H20F3NO2. The van der Waals surface area contributed by atoms with E-state index in [0.717, 1.165) is 18.6 Å². The third-order valence-electron chi connectivity index (χ3n) is 4.17. The van der Waals surface area contributed by atoms with Gasteiger partial charge in [-0.05, 0) is 37.5 Å². The number of alkyl halides is 3. The molecule has 2 rings (SSSR count). The fraction of sp³-hybridized carbons (Fsp3) is 0.562. The van der Waals surface area contributed by atoms with Gasteiger partial charge in [-0.25, -0.2) is 0 Å². The molecule has 1 aliphatic rings. The van der Waals surface area contributed by atoms with Crippen LogP contribution in [0.1, 0.15) is 30.9 Å². The Kier molecular flexibility index (Phi) is 5.11. The number of aryl methyl sites for hydroxylation is 1. The second kappa shape index (κ2) is 6.69. The molecule has 0 saturated carbocycles. The Morgan fingerprint density at radius 1 is 1.36 bits per heavy atom. The molecular weight excluding hydrogens is 295 g/mol. The lowest BCUT2D eigenvalue weighted by atomic mass is 10.0. The smallest absolute Gasteiger partial charge is 0.393 e. The maximum Gasteiger partial charge on any atom is 0.416 e. The standard InChI is InChI=1S/C16H20F3NO2/c1-11(21)13-8-9-20(10-13)15(22)7-4-12-2-5-14(6-3-12)16(17,18)19/h2-3,5-6,11,13,21H,4,7-10H2,1H3. The summed E-state index contributed by atoms with van der Waals surface area (Å²) in [4.78, 5) is 13.8. The lowest BCUT2D eigenvalue weighted by Gasteiger charge is -2.17. The predicted octanol–water partition coefficient (Wildman–Crippen LogP) is 2.87. The number of hydrogen-bond donors (Lipinski definition) is 1. The summed E-state index contributed by atoms with van der Waals surface area (Å²) in [6, 6.07) is 4.91. The van der Waals surface area contributed by atoms with E-state index in [-0.39, 0.29) is 18.2 Å². The van der Waals surface area contributed by atoms with E-state index in [1.165, 1.54) is 12.1 Å². The number of carbonyl (C=O) groups is 1. The highest BCUT2D eigenvalue weighted by molar-refractivity contribution is 5.76. The molecule has 0 aliphatic carbocycles. The topological polar surface area (TPSA) is 40.5 Å². The molecule has 122 valence electrons. The highest BCUT2D eigenvalue weighted by atomic mass is 19.4. The van der Waals surface area contributed by atoms with E-state index in [2.05, 4.69) is 0 Å². The van der Waals surface area contributed by atoms with Gasteiger partial charge in [-0.15, -0.1) is 0 Å².